The van der Waals surface area contributed by atoms with Crippen LogP contribution in [0.15, 0.2) is 24.3 Å². The number of nitro groups is 1. The number of hydrogen-bond donors (Lipinski definition) is 2. The number of nitrogens with one attached hydrogen (secondary N) is 1. The van der Waals surface area contributed by atoms with E-state index in [0.29, 0.717) is 6.54 Å². The zero-order chi connectivity index (χ0) is 12.5. The highest BCUT2D eigenvalue weighted by atomic mass is 35.5. The van der Waals surface area contributed by atoms with E-state index in [1.165, 1.54) is 12.1 Å². The Morgan fingerprint density at radius 3 is 2.39 bits per heavy atom. The summed E-state index contributed by atoms with van der Waals surface area (Å²) in [6.45, 7) is 0.343. The molecule has 6 nitrogen and oxygen atoms in total. The Morgan fingerprint density at radius 2 is 1.94 bits per heavy atom. The molecule has 3 N–H and O–H groups in total. The third-order valence-electron chi connectivity index (χ3n) is 2.84. The molecule has 1 aromatic carbocycles. The molecule has 0 radical (unpaired) electrons. The van der Waals surface area contributed by atoms with Crippen molar-refractivity contribution < 1.29 is 9.72 Å². The number of nitrogens with zero attached hydrogens (tertiary/aromatic N) is 1. The van der Waals surface area contributed by atoms with E-state index in [2.05, 4.69) is 5.32 Å². The molecule has 2 rings (SSSR count). The molecular formula is C11H14ClN3O3. The lowest BCUT2D eigenvalue weighted by Gasteiger charge is -2.09. The number of rotatable bonds is 4. The van der Waals surface area contributed by atoms with Crippen LogP contribution in [-0.4, -0.2) is 16.4 Å². The summed E-state index contributed by atoms with van der Waals surface area (Å²) in [7, 11) is 0. The second-order valence-corrected chi connectivity index (χ2v) is 4.26. The fraction of sp³-hybridized carbons (Fsp3) is 0.364. The zero-order valence-corrected chi connectivity index (χ0v) is 10.4. The topological polar surface area (TPSA) is 98.3 Å². The summed E-state index contributed by atoms with van der Waals surface area (Å²) in [5.41, 5.74) is 5.89. The number of nitro benzene ring substituents is 1. The van der Waals surface area contributed by atoms with E-state index in [9.17, 15) is 14.9 Å². The highest BCUT2D eigenvalue weighted by Gasteiger charge is 2.45. The van der Waals surface area contributed by atoms with E-state index < -0.39 is 10.5 Å². The number of nitrogens with two attached hydrogens (primary N) is 1. The van der Waals surface area contributed by atoms with Crippen molar-refractivity contribution in [1.29, 1.82) is 0 Å². The van der Waals surface area contributed by atoms with Gasteiger partial charge in [-0.2, -0.15) is 0 Å². The summed E-state index contributed by atoms with van der Waals surface area (Å²) < 4.78 is 0. The van der Waals surface area contributed by atoms with Crippen LogP contribution in [-0.2, 0) is 11.3 Å². The quantitative estimate of drug-likeness (QED) is 0.633. The van der Waals surface area contributed by atoms with Crippen LogP contribution in [0.2, 0.25) is 0 Å². The lowest BCUT2D eigenvalue weighted by Crippen LogP contribution is -2.42. The van der Waals surface area contributed by atoms with Gasteiger partial charge in [0, 0.05) is 18.7 Å². The molecule has 0 bridgehead atoms. The van der Waals surface area contributed by atoms with Crippen molar-refractivity contribution in [3.05, 3.63) is 39.9 Å². The Morgan fingerprint density at radius 1 is 1.39 bits per heavy atom. The van der Waals surface area contributed by atoms with Crippen LogP contribution < -0.4 is 11.1 Å². The van der Waals surface area contributed by atoms with Crippen LogP contribution in [0.25, 0.3) is 0 Å². The number of non-ortho nitro benzene ring substituents is 1. The van der Waals surface area contributed by atoms with Gasteiger partial charge in [0.05, 0.1) is 10.5 Å². The SMILES string of the molecule is Cl.NC1(C(=O)NCc2ccc([N+](=O)[O-])cc2)CC1. The first-order valence-corrected chi connectivity index (χ1v) is 5.32. The molecule has 18 heavy (non-hydrogen) atoms. The predicted molar refractivity (Wildman–Crippen MR) is 68.3 cm³/mol. The minimum absolute atomic E-state index is 0. The van der Waals surface area contributed by atoms with E-state index in [1.807, 2.05) is 0 Å². The van der Waals surface area contributed by atoms with Crippen LogP contribution in [0, 0.1) is 10.1 Å². The predicted octanol–water partition coefficient (Wildman–Crippen LogP) is 1.12. The molecule has 1 fully saturated rings. The number of hydrogen-bond acceptors (Lipinski definition) is 4. The third kappa shape index (κ3) is 3.18. The Labute approximate surface area is 110 Å². The second-order valence-electron chi connectivity index (χ2n) is 4.26. The summed E-state index contributed by atoms with van der Waals surface area (Å²) in [5, 5.41) is 13.2. The molecule has 1 saturated carbocycles. The minimum atomic E-state index is -0.680. The molecule has 7 heteroatoms. The largest absolute Gasteiger partial charge is 0.350 e. The van der Waals surface area contributed by atoms with E-state index in [-0.39, 0.29) is 24.0 Å². The molecular weight excluding hydrogens is 258 g/mol. The average molecular weight is 272 g/mol. The van der Waals surface area contributed by atoms with Crippen molar-refractivity contribution in [2.45, 2.75) is 24.9 Å². The van der Waals surface area contributed by atoms with Gasteiger partial charge >= 0.3 is 0 Å². The zero-order valence-electron chi connectivity index (χ0n) is 9.59. The number of amides is 1. The molecule has 1 aliphatic rings. The van der Waals surface area contributed by atoms with E-state index >= 15 is 0 Å². The molecule has 0 saturated heterocycles. The van der Waals surface area contributed by atoms with Gasteiger partial charge in [0.1, 0.15) is 0 Å². The van der Waals surface area contributed by atoms with Crippen molar-refractivity contribution in [3.8, 4) is 0 Å². The van der Waals surface area contributed by atoms with Crippen LogP contribution in [0.1, 0.15) is 18.4 Å². The monoisotopic (exact) mass is 271 g/mol. The van der Waals surface area contributed by atoms with E-state index in [1.54, 1.807) is 12.1 Å². The maximum Gasteiger partial charge on any atom is 0.269 e. The summed E-state index contributed by atoms with van der Waals surface area (Å²) >= 11 is 0. The van der Waals surface area contributed by atoms with E-state index in [4.69, 9.17) is 5.73 Å². The first-order valence-electron chi connectivity index (χ1n) is 5.32. The van der Waals surface area contributed by atoms with Crippen molar-refractivity contribution >= 4 is 24.0 Å². The van der Waals surface area contributed by atoms with Crippen molar-refractivity contribution in [2.75, 3.05) is 0 Å². The lowest BCUT2D eigenvalue weighted by atomic mass is 10.2. The highest BCUT2D eigenvalue weighted by molar-refractivity contribution is 5.88. The van der Waals surface area contributed by atoms with E-state index in [0.717, 1.165) is 18.4 Å². The fourth-order valence-corrected chi connectivity index (χ4v) is 1.46. The van der Waals surface area contributed by atoms with Crippen LogP contribution >= 0.6 is 12.4 Å². The molecule has 0 heterocycles. The number of benzene rings is 1. The Balaban J connectivity index is 0.00000162. The average Bonchev–Trinajstić information content (AvgIpc) is 3.06. The lowest BCUT2D eigenvalue weighted by molar-refractivity contribution is -0.384. The van der Waals surface area contributed by atoms with Gasteiger partial charge in [-0.25, -0.2) is 0 Å². The third-order valence-corrected chi connectivity index (χ3v) is 2.84. The number of carbonyl (C=O) groups is 1. The Bertz CT molecular complexity index is 457. The van der Waals surface area contributed by atoms with Gasteiger partial charge in [0.15, 0.2) is 0 Å². The van der Waals surface area contributed by atoms with Gasteiger partial charge in [-0.1, -0.05) is 12.1 Å². The molecule has 1 aromatic rings. The van der Waals surface area contributed by atoms with Gasteiger partial charge in [0.2, 0.25) is 5.91 Å². The molecule has 0 atom stereocenters. The molecule has 0 unspecified atom stereocenters. The first kappa shape index (κ1) is 14.4. The van der Waals surface area contributed by atoms with Crippen molar-refractivity contribution in [2.24, 2.45) is 5.73 Å². The van der Waals surface area contributed by atoms with Gasteiger partial charge < -0.3 is 11.1 Å². The highest BCUT2D eigenvalue weighted by Crippen LogP contribution is 2.32. The van der Waals surface area contributed by atoms with Crippen molar-refractivity contribution in [1.82, 2.24) is 5.32 Å². The van der Waals surface area contributed by atoms with Gasteiger partial charge in [0.25, 0.3) is 5.69 Å². The van der Waals surface area contributed by atoms with Crippen LogP contribution in [0.4, 0.5) is 5.69 Å². The number of halogens is 1. The summed E-state index contributed by atoms with van der Waals surface area (Å²) in [5.74, 6) is -0.157. The van der Waals surface area contributed by atoms with Gasteiger partial charge in [-0.3, -0.25) is 14.9 Å². The second kappa shape index (κ2) is 5.32. The molecule has 98 valence electrons. The molecule has 0 aromatic heterocycles. The molecule has 0 aliphatic heterocycles. The summed E-state index contributed by atoms with van der Waals surface area (Å²) in [4.78, 5) is 21.5. The Kier molecular flexibility index (Phi) is 4.26. The van der Waals surface area contributed by atoms with Crippen LogP contribution in [0.3, 0.4) is 0 Å². The minimum Gasteiger partial charge on any atom is -0.350 e. The van der Waals surface area contributed by atoms with Crippen LogP contribution in [0.5, 0.6) is 0 Å². The summed E-state index contributed by atoms with van der Waals surface area (Å²) in [6, 6.07) is 6.07. The summed E-state index contributed by atoms with van der Waals surface area (Å²) in [6.07, 6.45) is 1.44. The molecule has 0 spiro atoms. The fourth-order valence-electron chi connectivity index (χ4n) is 1.46. The van der Waals surface area contributed by atoms with Gasteiger partial charge in [-0.15, -0.1) is 12.4 Å². The smallest absolute Gasteiger partial charge is 0.269 e. The maximum absolute atomic E-state index is 11.5. The Hall–Kier alpha value is -1.66. The van der Waals surface area contributed by atoms with Crippen molar-refractivity contribution in [3.63, 3.8) is 0 Å². The normalized spacial score (nSPS) is 15.4. The molecule has 1 aliphatic carbocycles. The first-order chi connectivity index (χ1) is 8.01. The standard InChI is InChI=1S/C11H13N3O3.ClH/c12-11(5-6-11)10(15)13-7-8-1-3-9(4-2-8)14(16)17;/h1-4H,5-7,12H2,(H,13,15);1H. The maximum atomic E-state index is 11.5. The molecule has 1 amide bonds. The number of carbonyl (C=O) groups excluding carboxylic acids is 1. The van der Waals surface area contributed by atoms with Gasteiger partial charge in [-0.05, 0) is 18.4 Å².